The lowest BCUT2D eigenvalue weighted by molar-refractivity contribution is 1.06. The molecule has 0 aliphatic rings. The molecular weight excluding hydrogens is 450 g/mol. The van der Waals surface area contributed by atoms with Crippen molar-refractivity contribution >= 4 is 64.4 Å². The van der Waals surface area contributed by atoms with E-state index in [0.717, 1.165) is 6.42 Å². The van der Waals surface area contributed by atoms with Crippen molar-refractivity contribution in [2.75, 3.05) is 0 Å². The second-order valence-corrected chi connectivity index (χ2v) is 8.85. The highest BCUT2D eigenvalue weighted by molar-refractivity contribution is 9.10. The fraction of sp³-hybridized carbons (Fsp3) is 0.185. The third-order valence-electron chi connectivity index (χ3n) is 5.36. The molecule has 0 N–H and O–H groups in total. The Labute approximate surface area is 190 Å². The van der Waals surface area contributed by atoms with E-state index < -0.39 is 0 Å². The van der Waals surface area contributed by atoms with Gasteiger partial charge in [-0.3, -0.25) is 0 Å². The Morgan fingerprint density at radius 1 is 0.967 bits per heavy atom. The zero-order valence-corrected chi connectivity index (χ0v) is 20.3. The van der Waals surface area contributed by atoms with Gasteiger partial charge in [0.15, 0.2) is 0 Å². The van der Waals surface area contributed by atoms with Crippen LogP contribution in [0.15, 0.2) is 71.2 Å². The minimum Gasteiger partial charge on any atom is -0.308 e. The summed E-state index contributed by atoms with van der Waals surface area (Å²) in [5, 5.41) is 3.99. The number of para-hydroxylation sites is 1. The van der Waals surface area contributed by atoms with Crippen molar-refractivity contribution in [1.82, 2.24) is 4.57 Å². The van der Waals surface area contributed by atoms with Crippen LogP contribution in [0.3, 0.4) is 0 Å². The molecule has 0 spiro atoms. The Morgan fingerprint density at radius 2 is 1.67 bits per heavy atom. The monoisotopic (exact) mass is 475 g/mol. The van der Waals surface area contributed by atoms with Gasteiger partial charge in [-0.05, 0) is 49.2 Å². The summed E-state index contributed by atoms with van der Waals surface area (Å²) in [6.07, 6.45) is 5.38. The highest BCUT2D eigenvalue weighted by atomic mass is 79.9. The predicted molar refractivity (Wildman–Crippen MR) is 139 cm³/mol. The molecule has 0 aliphatic heterocycles. The fourth-order valence-corrected chi connectivity index (χ4v) is 6.11. The molecule has 5 aromatic rings. The molecule has 2 heterocycles. The molecule has 0 atom stereocenters. The van der Waals surface area contributed by atoms with Crippen molar-refractivity contribution in [3.8, 4) is 5.69 Å². The molecule has 3 heteroatoms. The second kappa shape index (κ2) is 8.79. The van der Waals surface area contributed by atoms with Crippen LogP contribution < -0.4 is 0 Å². The van der Waals surface area contributed by atoms with Gasteiger partial charge < -0.3 is 4.57 Å². The Bertz CT molecular complexity index is 1360. The summed E-state index contributed by atoms with van der Waals surface area (Å²) >= 11 is 5.81. The lowest BCUT2D eigenvalue weighted by Gasteiger charge is -2.10. The highest BCUT2D eigenvalue weighted by Gasteiger charge is 2.22. The van der Waals surface area contributed by atoms with E-state index in [-0.39, 0.29) is 0 Å². The number of hydrogen-bond acceptors (Lipinski definition) is 1. The molecule has 3 aromatic carbocycles. The van der Waals surface area contributed by atoms with Crippen LogP contribution in [-0.2, 0) is 6.42 Å². The van der Waals surface area contributed by atoms with Crippen LogP contribution in [0.5, 0.6) is 0 Å². The molecule has 0 radical (unpaired) electrons. The largest absolute Gasteiger partial charge is 0.308 e. The molecule has 0 saturated carbocycles. The van der Waals surface area contributed by atoms with Gasteiger partial charge in [-0.2, -0.15) is 0 Å². The smallest absolute Gasteiger partial charge is 0.0727 e. The molecule has 2 aromatic heterocycles. The summed E-state index contributed by atoms with van der Waals surface area (Å²) in [6.45, 7) is 8.34. The van der Waals surface area contributed by atoms with Crippen LogP contribution in [0.2, 0.25) is 0 Å². The van der Waals surface area contributed by atoms with Gasteiger partial charge in [0.05, 0.1) is 10.2 Å². The number of thiophene rings is 1. The number of halogens is 1. The van der Waals surface area contributed by atoms with Gasteiger partial charge in [0.25, 0.3) is 0 Å². The first-order chi connectivity index (χ1) is 14.7. The summed E-state index contributed by atoms with van der Waals surface area (Å²) in [5.41, 5.74) is 5.18. The zero-order chi connectivity index (χ0) is 21.3. The number of aromatic nitrogens is 1. The number of rotatable bonds is 3. The Balaban J connectivity index is 0.00000106. The van der Waals surface area contributed by atoms with Gasteiger partial charge >= 0.3 is 0 Å². The van der Waals surface area contributed by atoms with E-state index in [1.54, 1.807) is 0 Å². The number of benzene rings is 3. The molecule has 0 aliphatic carbocycles. The normalized spacial score (nSPS) is 11.5. The van der Waals surface area contributed by atoms with E-state index in [1.165, 1.54) is 52.5 Å². The van der Waals surface area contributed by atoms with Crippen LogP contribution >= 0.6 is 27.3 Å². The number of aryl methyl sites for hydroxylation is 1. The van der Waals surface area contributed by atoms with E-state index >= 15 is 0 Å². The molecule has 0 amide bonds. The van der Waals surface area contributed by atoms with Crippen molar-refractivity contribution < 1.29 is 0 Å². The maximum atomic E-state index is 3.92. The summed E-state index contributed by atoms with van der Waals surface area (Å²) in [6, 6.07) is 21.7. The number of nitrogens with zero attached hydrogens (tertiary/aromatic N) is 1. The average molecular weight is 476 g/mol. The standard InChI is InChI=1S/C25H20BrNS.C2H6/c1-3-10-21-17(4-2)23-20(26)15-19-18-13-8-9-14-22(18)28-25(19)24(23)27(21)16-11-6-5-7-12-16;1-2/h3,5-15H,4H2,1-2H3;1-2H3/b10-3-;. The van der Waals surface area contributed by atoms with Gasteiger partial charge in [-0.15, -0.1) is 11.3 Å². The van der Waals surface area contributed by atoms with Crippen LogP contribution in [0.1, 0.15) is 39.0 Å². The first-order valence-electron chi connectivity index (χ1n) is 10.6. The van der Waals surface area contributed by atoms with Gasteiger partial charge in [-0.25, -0.2) is 0 Å². The molecular formula is C27H26BrNS. The lowest BCUT2D eigenvalue weighted by atomic mass is 10.1. The van der Waals surface area contributed by atoms with E-state index in [9.17, 15) is 0 Å². The average Bonchev–Trinajstić information content (AvgIpc) is 3.32. The van der Waals surface area contributed by atoms with Crippen molar-refractivity contribution in [3.63, 3.8) is 0 Å². The van der Waals surface area contributed by atoms with Crippen molar-refractivity contribution in [2.24, 2.45) is 0 Å². The Kier molecular flexibility index (Phi) is 6.12. The minimum atomic E-state index is 0.991. The Morgan fingerprint density at radius 3 is 2.37 bits per heavy atom. The minimum absolute atomic E-state index is 0.991. The summed E-state index contributed by atoms with van der Waals surface area (Å²) in [5.74, 6) is 0. The van der Waals surface area contributed by atoms with Crippen LogP contribution in [0.25, 0.3) is 42.8 Å². The number of allylic oxidation sites excluding steroid dienone is 1. The lowest BCUT2D eigenvalue weighted by Crippen LogP contribution is -1.97. The van der Waals surface area contributed by atoms with Crippen molar-refractivity contribution in [3.05, 3.63) is 82.5 Å². The first kappa shape index (κ1) is 20.9. The second-order valence-electron chi connectivity index (χ2n) is 6.95. The van der Waals surface area contributed by atoms with E-state index in [0.29, 0.717) is 0 Å². The summed E-state index contributed by atoms with van der Waals surface area (Å²) in [7, 11) is 0. The molecule has 0 fully saturated rings. The number of hydrogen-bond donors (Lipinski definition) is 0. The zero-order valence-electron chi connectivity index (χ0n) is 17.9. The molecule has 5 rings (SSSR count). The third-order valence-corrected chi connectivity index (χ3v) is 7.18. The summed E-state index contributed by atoms with van der Waals surface area (Å²) in [4.78, 5) is 0. The topological polar surface area (TPSA) is 4.93 Å². The first-order valence-corrected chi connectivity index (χ1v) is 12.2. The predicted octanol–water partition coefficient (Wildman–Crippen LogP) is 9.38. The quantitative estimate of drug-likeness (QED) is 0.244. The molecule has 0 unspecified atom stereocenters. The van der Waals surface area contributed by atoms with Crippen molar-refractivity contribution in [1.29, 1.82) is 0 Å². The molecule has 0 bridgehead atoms. The molecule has 0 saturated heterocycles. The highest BCUT2D eigenvalue weighted by Crippen LogP contribution is 2.45. The molecule has 30 heavy (non-hydrogen) atoms. The van der Waals surface area contributed by atoms with Gasteiger partial charge in [-0.1, -0.05) is 79.2 Å². The van der Waals surface area contributed by atoms with Gasteiger partial charge in [0.1, 0.15) is 0 Å². The van der Waals surface area contributed by atoms with Crippen LogP contribution in [0, 0.1) is 0 Å². The van der Waals surface area contributed by atoms with Crippen molar-refractivity contribution in [2.45, 2.75) is 34.1 Å². The maximum Gasteiger partial charge on any atom is 0.0727 e. The van der Waals surface area contributed by atoms with E-state index in [2.05, 4.69) is 107 Å². The summed E-state index contributed by atoms with van der Waals surface area (Å²) < 4.78 is 6.31. The van der Waals surface area contributed by atoms with Gasteiger partial charge in [0.2, 0.25) is 0 Å². The molecule has 1 nitrogen and oxygen atoms in total. The fourth-order valence-electron chi connectivity index (χ4n) is 4.23. The van der Waals surface area contributed by atoms with E-state index in [1.807, 2.05) is 25.2 Å². The Hall–Kier alpha value is -2.36. The van der Waals surface area contributed by atoms with E-state index in [4.69, 9.17) is 0 Å². The van der Waals surface area contributed by atoms with Crippen LogP contribution in [-0.4, -0.2) is 4.57 Å². The van der Waals surface area contributed by atoms with Crippen LogP contribution in [0.4, 0.5) is 0 Å². The SMILES string of the molecule is C/C=C\c1c(CC)c2c(Br)cc3c4ccccc4sc3c2n1-c1ccccc1.CC. The number of fused-ring (bicyclic) bond motifs is 5. The maximum absolute atomic E-state index is 3.92. The molecule has 152 valence electrons. The third kappa shape index (κ3) is 3.21. The van der Waals surface area contributed by atoms with Gasteiger partial charge in [0, 0.05) is 36.7 Å².